The quantitative estimate of drug-likeness (QED) is 0.503. The molecule has 0 aliphatic rings. The number of ether oxygens (including phenoxy) is 1. The Bertz CT molecular complexity index is 1290. The Morgan fingerprint density at radius 2 is 1.72 bits per heavy atom. The second-order valence-electron chi connectivity index (χ2n) is 6.18. The number of hydrogen-bond acceptors (Lipinski definition) is 5. The lowest BCUT2D eigenvalue weighted by molar-refractivity contribution is 0.463. The van der Waals surface area contributed by atoms with Crippen LogP contribution in [0, 0.1) is 0 Å². The van der Waals surface area contributed by atoms with Crippen molar-refractivity contribution < 1.29 is 13.2 Å². The molecule has 0 aliphatic carbocycles. The number of aromatic nitrogens is 2. The molecule has 6 nitrogen and oxygen atoms in total. The maximum atomic E-state index is 12.0. The van der Waals surface area contributed by atoms with Crippen molar-refractivity contribution in [2.45, 2.75) is 4.90 Å². The molecule has 0 spiro atoms. The number of fused-ring (bicyclic) bond motifs is 1. The Labute approximate surface area is 173 Å². The summed E-state index contributed by atoms with van der Waals surface area (Å²) < 4.78 is 32.1. The highest BCUT2D eigenvalue weighted by Gasteiger charge is 2.12. The normalized spacial score (nSPS) is 11.5. The van der Waals surface area contributed by atoms with E-state index in [9.17, 15) is 8.42 Å². The maximum Gasteiger partial charge on any atom is 0.240 e. The van der Waals surface area contributed by atoms with Crippen LogP contribution in [0.2, 0.25) is 5.02 Å². The van der Waals surface area contributed by atoms with E-state index in [0.717, 1.165) is 11.1 Å². The molecule has 4 rings (SSSR count). The smallest absolute Gasteiger partial charge is 0.240 e. The maximum absolute atomic E-state index is 12.0. The van der Waals surface area contributed by atoms with Crippen LogP contribution in [-0.2, 0) is 10.0 Å². The van der Waals surface area contributed by atoms with Gasteiger partial charge in [0.1, 0.15) is 11.3 Å². The van der Waals surface area contributed by atoms with Crippen LogP contribution in [0.1, 0.15) is 0 Å². The largest absolute Gasteiger partial charge is 0.437 e. The lowest BCUT2D eigenvalue weighted by atomic mass is 10.1. The topological polar surface area (TPSA) is 81.2 Å². The molecule has 0 unspecified atom stereocenters. The minimum absolute atomic E-state index is 0.211. The fraction of sp³-hybridized carbons (Fsp3) is 0.0476. The number of sulfonamides is 1. The van der Waals surface area contributed by atoms with Crippen LogP contribution in [0.3, 0.4) is 0 Å². The number of halogens is 1. The average molecular weight is 426 g/mol. The zero-order chi connectivity index (χ0) is 20.4. The first-order valence-corrected chi connectivity index (χ1v) is 10.6. The summed E-state index contributed by atoms with van der Waals surface area (Å²) >= 11 is 6.11. The van der Waals surface area contributed by atoms with Crippen molar-refractivity contribution in [2.24, 2.45) is 0 Å². The van der Waals surface area contributed by atoms with Crippen LogP contribution in [0.5, 0.6) is 11.6 Å². The third-order valence-electron chi connectivity index (χ3n) is 4.32. The van der Waals surface area contributed by atoms with Gasteiger partial charge >= 0.3 is 0 Å². The van der Waals surface area contributed by atoms with Crippen LogP contribution < -0.4 is 9.46 Å². The lowest BCUT2D eigenvalue weighted by Crippen LogP contribution is -2.18. The predicted molar refractivity (Wildman–Crippen MR) is 113 cm³/mol. The molecule has 0 saturated heterocycles. The third-order valence-corrected chi connectivity index (χ3v) is 6.04. The molecule has 4 aromatic rings. The van der Waals surface area contributed by atoms with E-state index in [1.165, 1.54) is 13.2 Å². The van der Waals surface area contributed by atoms with Gasteiger partial charge in [0.15, 0.2) is 0 Å². The summed E-state index contributed by atoms with van der Waals surface area (Å²) in [7, 11) is -2.11. The van der Waals surface area contributed by atoms with Gasteiger partial charge in [-0.2, -0.15) is 0 Å². The Morgan fingerprint density at radius 3 is 2.48 bits per heavy atom. The van der Waals surface area contributed by atoms with Crippen molar-refractivity contribution in [2.75, 3.05) is 7.05 Å². The monoisotopic (exact) mass is 425 g/mol. The van der Waals surface area contributed by atoms with Crippen LogP contribution in [0.25, 0.3) is 22.2 Å². The van der Waals surface area contributed by atoms with Crippen molar-refractivity contribution in [3.05, 3.63) is 77.9 Å². The molecule has 8 heteroatoms. The summed E-state index contributed by atoms with van der Waals surface area (Å²) in [6.45, 7) is 0. The molecule has 0 saturated carbocycles. The average Bonchev–Trinajstić information content (AvgIpc) is 2.74. The van der Waals surface area contributed by atoms with E-state index in [0.29, 0.717) is 27.7 Å². The molecule has 0 radical (unpaired) electrons. The molecular formula is C21H16ClN3O3S. The fourth-order valence-corrected chi connectivity index (χ4v) is 3.83. The SMILES string of the molecule is CNS(=O)(=O)c1cccc(-c2ccc(Oc3cnc4c(Cl)cccc4n3)cc2)c1. The Morgan fingerprint density at radius 1 is 0.966 bits per heavy atom. The van der Waals surface area contributed by atoms with Gasteiger partial charge in [-0.05, 0) is 54.6 Å². The van der Waals surface area contributed by atoms with Crippen molar-refractivity contribution >= 4 is 32.7 Å². The van der Waals surface area contributed by atoms with Gasteiger partial charge in [-0.3, -0.25) is 0 Å². The summed E-state index contributed by atoms with van der Waals surface area (Å²) in [5.74, 6) is 0.943. The van der Waals surface area contributed by atoms with Crippen molar-refractivity contribution in [1.82, 2.24) is 14.7 Å². The molecule has 0 aliphatic heterocycles. The highest BCUT2D eigenvalue weighted by molar-refractivity contribution is 7.89. The van der Waals surface area contributed by atoms with Gasteiger partial charge in [0, 0.05) is 0 Å². The first kappa shape index (κ1) is 19.3. The van der Waals surface area contributed by atoms with Gasteiger partial charge in [0.2, 0.25) is 15.9 Å². The Hall–Kier alpha value is -3.00. The molecule has 0 bridgehead atoms. The molecular weight excluding hydrogens is 410 g/mol. The number of benzene rings is 3. The fourth-order valence-electron chi connectivity index (χ4n) is 2.84. The molecule has 0 atom stereocenters. The predicted octanol–water partition coefficient (Wildman–Crippen LogP) is 4.65. The second-order valence-corrected chi connectivity index (χ2v) is 8.47. The lowest BCUT2D eigenvalue weighted by Gasteiger charge is -2.08. The number of nitrogens with one attached hydrogen (secondary N) is 1. The number of nitrogens with zero attached hydrogens (tertiary/aromatic N) is 2. The zero-order valence-electron chi connectivity index (χ0n) is 15.3. The van der Waals surface area contributed by atoms with Gasteiger partial charge < -0.3 is 4.74 Å². The second kappa shape index (κ2) is 7.79. The van der Waals surface area contributed by atoms with Gasteiger partial charge in [0.25, 0.3) is 0 Å². The van der Waals surface area contributed by atoms with Crippen LogP contribution >= 0.6 is 11.6 Å². The molecule has 0 fully saturated rings. The number of para-hydroxylation sites is 1. The van der Waals surface area contributed by atoms with Crippen LogP contribution in [0.15, 0.2) is 77.8 Å². The summed E-state index contributed by atoms with van der Waals surface area (Å²) in [6.07, 6.45) is 1.52. The van der Waals surface area contributed by atoms with Gasteiger partial charge in [-0.25, -0.2) is 23.1 Å². The number of rotatable bonds is 5. The van der Waals surface area contributed by atoms with E-state index in [4.69, 9.17) is 16.3 Å². The first-order chi connectivity index (χ1) is 14.0. The van der Waals surface area contributed by atoms with Crippen molar-refractivity contribution in [3.63, 3.8) is 0 Å². The Balaban J connectivity index is 1.58. The molecule has 1 heterocycles. The van der Waals surface area contributed by atoms with Crippen LogP contribution in [-0.4, -0.2) is 25.4 Å². The summed E-state index contributed by atoms with van der Waals surface area (Å²) in [6, 6.07) is 19.4. The van der Waals surface area contributed by atoms with Crippen LogP contribution in [0.4, 0.5) is 0 Å². The molecule has 29 heavy (non-hydrogen) atoms. The molecule has 0 amide bonds. The summed E-state index contributed by atoms with van der Waals surface area (Å²) in [4.78, 5) is 8.93. The van der Waals surface area contributed by atoms with Gasteiger partial charge in [-0.15, -0.1) is 0 Å². The molecule has 3 aromatic carbocycles. The molecule has 1 N–H and O–H groups in total. The highest BCUT2D eigenvalue weighted by atomic mass is 35.5. The van der Waals surface area contributed by atoms with E-state index in [2.05, 4.69) is 14.7 Å². The van der Waals surface area contributed by atoms with Crippen molar-refractivity contribution in [3.8, 4) is 22.8 Å². The van der Waals surface area contributed by atoms with E-state index in [-0.39, 0.29) is 4.90 Å². The van der Waals surface area contributed by atoms with Gasteiger partial charge in [0.05, 0.1) is 21.6 Å². The Kier molecular flexibility index (Phi) is 5.19. The van der Waals surface area contributed by atoms with Gasteiger partial charge in [-0.1, -0.05) is 41.9 Å². The van der Waals surface area contributed by atoms with Crippen molar-refractivity contribution in [1.29, 1.82) is 0 Å². The molecule has 146 valence electrons. The summed E-state index contributed by atoms with van der Waals surface area (Å²) in [5.41, 5.74) is 2.91. The summed E-state index contributed by atoms with van der Waals surface area (Å²) in [5, 5.41) is 0.536. The third kappa shape index (κ3) is 4.07. The van der Waals surface area contributed by atoms with E-state index in [1.54, 1.807) is 42.5 Å². The zero-order valence-corrected chi connectivity index (χ0v) is 16.9. The number of hydrogen-bond donors (Lipinski definition) is 1. The minimum atomic E-state index is -3.50. The molecule has 1 aromatic heterocycles. The first-order valence-electron chi connectivity index (χ1n) is 8.69. The highest BCUT2D eigenvalue weighted by Crippen LogP contribution is 2.28. The van der Waals surface area contributed by atoms with E-state index < -0.39 is 10.0 Å². The van der Waals surface area contributed by atoms with E-state index in [1.807, 2.05) is 24.3 Å². The minimum Gasteiger partial charge on any atom is -0.437 e. The van der Waals surface area contributed by atoms with E-state index >= 15 is 0 Å². The standard InChI is InChI=1S/C21H16ClN3O3S/c1-23-29(26,27)17-5-2-4-15(12-17)14-8-10-16(11-9-14)28-20-13-24-21-18(22)6-3-7-19(21)25-20/h2-13,23H,1H3.